The molecule has 1 spiro atoms. The van der Waals surface area contributed by atoms with Crippen molar-refractivity contribution >= 4 is 6.09 Å². The first-order valence-corrected chi connectivity index (χ1v) is 6.41. The SMILES string of the molecule is NC1CC12CCN(C(=O)OCc1ccccc1)C2. The summed E-state index contributed by atoms with van der Waals surface area (Å²) in [6, 6.07) is 10.0. The predicted octanol–water partition coefficient (Wildman–Crippen LogP) is 1.75. The van der Waals surface area contributed by atoms with Crippen molar-refractivity contribution in [1.82, 2.24) is 4.90 Å². The highest BCUT2D eigenvalue weighted by molar-refractivity contribution is 5.68. The Kier molecular flexibility index (Phi) is 2.74. The molecular formula is C14H18N2O2. The summed E-state index contributed by atoms with van der Waals surface area (Å²) in [5, 5.41) is 0. The van der Waals surface area contributed by atoms with Crippen LogP contribution in [0.25, 0.3) is 0 Å². The van der Waals surface area contributed by atoms with E-state index in [1.807, 2.05) is 30.3 Å². The largest absolute Gasteiger partial charge is 0.445 e. The Hall–Kier alpha value is -1.55. The highest BCUT2D eigenvalue weighted by Gasteiger charge is 2.56. The minimum atomic E-state index is -0.213. The molecule has 4 heteroatoms. The first kappa shape index (κ1) is 11.5. The average Bonchev–Trinajstić information content (AvgIpc) is 2.83. The number of hydrogen-bond acceptors (Lipinski definition) is 3. The summed E-state index contributed by atoms with van der Waals surface area (Å²) >= 11 is 0. The standard InChI is InChI=1S/C14H18N2O2/c15-12-8-14(12)6-7-16(10-14)13(17)18-9-11-4-2-1-3-5-11/h1-5,12H,6-10,15H2. The van der Waals surface area contributed by atoms with Crippen molar-refractivity contribution in [1.29, 1.82) is 0 Å². The van der Waals surface area contributed by atoms with Gasteiger partial charge < -0.3 is 15.4 Å². The molecule has 1 aromatic carbocycles. The molecule has 2 aliphatic rings. The Morgan fingerprint density at radius 1 is 1.44 bits per heavy atom. The maximum absolute atomic E-state index is 11.9. The van der Waals surface area contributed by atoms with E-state index in [1.165, 1.54) is 0 Å². The van der Waals surface area contributed by atoms with Crippen LogP contribution in [0.2, 0.25) is 0 Å². The van der Waals surface area contributed by atoms with E-state index in [0.717, 1.165) is 31.5 Å². The molecule has 3 rings (SSSR count). The zero-order chi connectivity index (χ0) is 12.6. The fraction of sp³-hybridized carbons (Fsp3) is 0.500. The Morgan fingerprint density at radius 3 is 2.78 bits per heavy atom. The van der Waals surface area contributed by atoms with Crippen molar-refractivity contribution in [2.24, 2.45) is 11.1 Å². The third kappa shape index (κ3) is 2.08. The van der Waals surface area contributed by atoms with Gasteiger partial charge in [0, 0.05) is 24.5 Å². The number of nitrogens with two attached hydrogens (primary N) is 1. The lowest BCUT2D eigenvalue weighted by Gasteiger charge is -2.16. The van der Waals surface area contributed by atoms with E-state index in [1.54, 1.807) is 4.90 Å². The van der Waals surface area contributed by atoms with Gasteiger partial charge in [-0.1, -0.05) is 30.3 Å². The summed E-state index contributed by atoms with van der Waals surface area (Å²) in [5.41, 5.74) is 7.14. The monoisotopic (exact) mass is 246 g/mol. The second kappa shape index (κ2) is 4.28. The van der Waals surface area contributed by atoms with Crippen molar-refractivity contribution < 1.29 is 9.53 Å². The van der Waals surface area contributed by atoms with Crippen LogP contribution < -0.4 is 5.73 Å². The molecule has 1 saturated carbocycles. The van der Waals surface area contributed by atoms with Gasteiger partial charge in [0.05, 0.1) is 0 Å². The molecule has 1 amide bonds. The third-order valence-electron chi connectivity index (χ3n) is 4.10. The molecule has 0 radical (unpaired) electrons. The number of ether oxygens (including phenoxy) is 1. The van der Waals surface area contributed by atoms with Crippen LogP contribution in [0.4, 0.5) is 4.79 Å². The molecule has 4 nitrogen and oxygen atoms in total. The Bertz CT molecular complexity index is 448. The van der Waals surface area contributed by atoms with Crippen molar-refractivity contribution in [3.8, 4) is 0 Å². The average molecular weight is 246 g/mol. The summed E-state index contributed by atoms with van der Waals surface area (Å²) in [6.07, 6.45) is 1.86. The normalized spacial score (nSPS) is 29.6. The van der Waals surface area contributed by atoms with E-state index in [2.05, 4.69) is 0 Å². The number of rotatable bonds is 2. The molecule has 1 aromatic rings. The molecule has 1 saturated heterocycles. The second-order valence-electron chi connectivity index (χ2n) is 5.38. The van der Waals surface area contributed by atoms with E-state index in [0.29, 0.717) is 6.61 Å². The maximum Gasteiger partial charge on any atom is 0.410 e. The highest BCUT2D eigenvalue weighted by atomic mass is 16.6. The molecule has 1 aliphatic carbocycles. The number of likely N-dealkylation sites (tertiary alicyclic amines) is 1. The van der Waals surface area contributed by atoms with E-state index in [-0.39, 0.29) is 17.6 Å². The van der Waals surface area contributed by atoms with Gasteiger partial charge in [-0.25, -0.2) is 4.79 Å². The van der Waals surface area contributed by atoms with Gasteiger partial charge in [-0.2, -0.15) is 0 Å². The maximum atomic E-state index is 11.9. The van der Waals surface area contributed by atoms with Gasteiger partial charge in [0.15, 0.2) is 0 Å². The van der Waals surface area contributed by atoms with Gasteiger partial charge in [0.2, 0.25) is 0 Å². The molecule has 1 heterocycles. The summed E-state index contributed by atoms with van der Waals surface area (Å²) in [5.74, 6) is 0. The van der Waals surface area contributed by atoms with Gasteiger partial charge in [-0.15, -0.1) is 0 Å². The first-order valence-electron chi connectivity index (χ1n) is 6.41. The van der Waals surface area contributed by atoms with Gasteiger partial charge in [0.1, 0.15) is 6.61 Å². The quantitative estimate of drug-likeness (QED) is 0.865. The molecule has 2 unspecified atom stereocenters. The number of amides is 1. The predicted molar refractivity (Wildman–Crippen MR) is 67.8 cm³/mol. The van der Waals surface area contributed by atoms with Gasteiger partial charge in [-0.05, 0) is 18.4 Å². The van der Waals surface area contributed by atoms with Crippen molar-refractivity contribution in [2.75, 3.05) is 13.1 Å². The summed E-state index contributed by atoms with van der Waals surface area (Å²) in [7, 11) is 0. The van der Waals surface area contributed by atoms with Crippen LogP contribution in [0.3, 0.4) is 0 Å². The molecule has 1 aliphatic heterocycles. The molecule has 2 fully saturated rings. The molecule has 0 bridgehead atoms. The Balaban J connectivity index is 1.51. The number of benzene rings is 1. The minimum Gasteiger partial charge on any atom is -0.445 e. The number of hydrogen-bond donors (Lipinski definition) is 1. The smallest absolute Gasteiger partial charge is 0.410 e. The van der Waals surface area contributed by atoms with E-state index in [9.17, 15) is 4.79 Å². The fourth-order valence-electron chi connectivity index (χ4n) is 2.71. The van der Waals surface area contributed by atoms with Crippen LogP contribution in [-0.2, 0) is 11.3 Å². The minimum absolute atomic E-state index is 0.213. The molecule has 96 valence electrons. The molecule has 2 N–H and O–H groups in total. The first-order chi connectivity index (χ1) is 8.70. The van der Waals surface area contributed by atoms with E-state index >= 15 is 0 Å². The van der Waals surface area contributed by atoms with Crippen LogP contribution in [0.15, 0.2) is 30.3 Å². The lowest BCUT2D eigenvalue weighted by Crippen LogP contribution is -2.30. The number of nitrogens with zero attached hydrogens (tertiary/aromatic N) is 1. The van der Waals surface area contributed by atoms with Crippen LogP contribution >= 0.6 is 0 Å². The fourth-order valence-corrected chi connectivity index (χ4v) is 2.71. The van der Waals surface area contributed by atoms with Crippen molar-refractivity contribution in [3.63, 3.8) is 0 Å². The van der Waals surface area contributed by atoms with Crippen LogP contribution in [-0.4, -0.2) is 30.1 Å². The van der Waals surface area contributed by atoms with E-state index in [4.69, 9.17) is 10.5 Å². The zero-order valence-electron chi connectivity index (χ0n) is 10.3. The lowest BCUT2D eigenvalue weighted by molar-refractivity contribution is 0.102. The van der Waals surface area contributed by atoms with Gasteiger partial charge >= 0.3 is 6.09 Å². The van der Waals surface area contributed by atoms with Crippen LogP contribution in [0.1, 0.15) is 18.4 Å². The third-order valence-corrected chi connectivity index (χ3v) is 4.10. The molecule has 2 atom stereocenters. The van der Waals surface area contributed by atoms with Crippen LogP contribution in [0, 0.1) is 5.41 Å². The van der Waals surface area contributed by atoms with E-state index < -0.39 is 0 Å². The van der Waals surface area contributed by atoms with Gasteiger partial charge in [-0.3, -0.25) is 0 Å². The van der Waals surface area contributed by atoms with Gasteiger partial charge in [0.25, 0.3) is 0 Å². The van der Waals surface area contributed by atoms with Crippen molar-refractivity contribution in [3.05, 3.63) is 35.9 Å². The molecular weight excluding hydrogens is 228 g/mol. The number of carbonyl (C=O) groups is 1. The molecule has 18 heavy (non-hydrogen) atoms. The topological polar surface area (TPSA) is 55.6 Å². The zero-order valence-corrected chi connectivity index (χ0v) is 10.3. The lowest BCUT2D eigenvalue weighted by atomic mass is 10.1. The Morgan fingerprint density at radius 2 is 2.17 bits per heavy atom. The Labute approximate surface area is 107 Å². The second-order valence-corrected chi connectivity index (χ2v) is 5.38. The number of carbonyl (C=O) groups excluding carboxylic acids is 1. The summed E-state index contributed by atoms with van der Waals surface area (Å²) in [4.78, 5) is 13.7. The molecule has 0 aromatic heterocycles. The summed E-state index contributed by atoms with van der Waals surface area (Å²) < 4.78 is 5.31. The van der Waals surface area contributed by atoms with Crippen LogP contribution in [0.5, 0.6) is 0 Å². The highest BCUT2D eigenvalue weighted by Crippen LogP contribution is 2.51. The van der Waals surface area contributed by atoms with Crippen molar-refractivity contribution in [2.45, 2.75) is 25.5 Å². The summed E-state index contributed by atoms with van der Waals surface area (Å²) in [6.45, 7) is 1.89.